The fourth-order valence-corrected chi connectivity index (χ4v) is 12.6. The van der Waals surface area contributed by atoms with E-state index >= 15 is 0 Å². The third-order valence-electron chi connectivity index (χ3n) is 15.3. The minimum atomic E-state index is -0.401. The van der Waals surface area contributed by atoms with Crippen molar-refractivity contribution in [3.8, 4) is 123 Å². The Hall–Kier alpha value is -8.78. The SMILES string of the molecule is c1ccc2c(c1)-c1cc(-c3cccc4c3-c3ccccc3-c3ccccc3-c3ccccc3-4)ccc1Oc1ccc(-c3cccc4c3-c3ccccc3C43c4ccccc4-c4ccccc43)cc1-2. The van der Waals surface area contributed by atoms with Gasteiger partial charge in [0.05, 0.1) is 5.41 Å². The van der Waals surface area contributed by atoms with Gasteiger partial charge in [0.15, 0.2) is 0 Å². The van der Waals surface area contributed by atoms with E-state index in [2.05, 4.69) is 243 Å². The predicted molar refractivity (Wildman–Crippen MR) is 280 cm³/mol. The Kier molecular flexibility index (Phi) is 7.77. The Labute approximate surface area is 395 Å². The summed E-state index contributed by atoms with van der Waals surface area (Å²) in [6, 6.07) is 90.0. The molecule has 68 heavy (non-hydrogen) atoms. The highest BCUT2D eigenvalue weighted by molar-refractivity contribution is 6.08. The highest BCUT2D eigenvalue weighted by atomic mass is 16.5. The number of fused-ring (bicyclic) bond motifs is 23. The highest BCUT2D eigenvalue weighted by Gasteiger charge is 2.52. The first-order valence-corrected chi connectivity index (χ1v) is 23.7. The molecule has 1 aliphatic heterocycles. The molecule has 0 radical (unpaired) electrons. The van der Waals surface area contributed by atoms with E-state index in [4.69, 9.17) is 4.74 Å². The maximum atomic E-state index is 7.06. The van der Waals surface area contributed by atoms with Crippen LogP contribution in [0.2, 0.25) is 0 Å². The minimum absolute atomic E-state index is 0.401. The van der Waals surface area contributed by atoms with Crippen LogP contribution in [0.3, 0.4) is 0 Å². The molecule has 0 bridgehead atoms. The zero-order chi connectivity index (χ0) is 44.5. The van der Waals surface area contributed by atoms with Crippen molar-refractivity contribution in [1.29, 1.82) is 0 Å². The largest absolute Gasteiger partial charge is 0.456 e. The molecule has 0 unspecified atom stereocenters. The van der Waals surface area contributed by atoms with Gasteiger partial charge in [0.2, 0.25) is 0 Å². The van der Waals surface area contributed by atoms with Crippen LogP contribution in [0.15, 0.2) is 243 Å². The monoisotopic (exact) mass is 860 g/mol. The Morgan fingerprint density at radius 2 is 0.529 bits per heavy atom. The Morgan fingerprint density at radius 1 is 0.206 bits per heavy atom. The first kappa shape index (κ1) is 37.4. The third kappa shape index (κ3) is 5.00. The second kappa shape index (κ2) is 14.1. The summed E-state index contributed by atoms with van der Waals surface area (Å²) in [5.41, 5.74) is 29.3. The predicted octanol–water partition coefficient (Wildman–Crippen LogP) is 17.8. The summed E-state index contributed by atoms with van der Waals surface area (Å²) < 4.78 is 7.06. The van der Waals surface area contributed by atoms with Gasteiger partial charge in [-0.15, -0.1) is 0 Å². The van der Waals surface area contributed by atoms with E-state index in [1.54, 1.807) is 0 Å². The molecule has 0 saturated heterocycles. The van der Waals surface area contributed by atoms with Crippen LogP contribution in [0.5, 0.6) is 11.5 Å². The molecule has 11 aromatic rings. The average Bonchev–Trinajstić information content (AvgIpc) is 3.83. The molecular weight excluding hydrogens is 821 g/mol. The lowest BCUT2D eigenvalue weighted by atomic mass is 9.70. The van der Waals surface area contributed by atoms with E-state index in [0.29, 0.717) is 0 Å². The Morgan fingerprint density at radius 3 is 1.04 bits per heavy atom. The molecule has 1 heteroatoms. The van der Waals surface area contributed by atoms with Gasteiger partial charge in [-0.3, -0.25) is 0 Å². The molecule has 11 aromatic carbocycles. The van der Waals surface area contributed by atoms with Gasteiger partial charge in [0.25, 0.3) is 0 Å². The smallest absolute Gasteiger partial charge is 0.135 e. The fraction of sp³-hybridized carbons (Fsp3) is 0.0149. The van der Waals surface area contributed by atoms with Crippen LogP contribution in [-0.4, -0.2) is 0 Å². The van der Waals surface area contributed by atoms with Crippen molar-refractivity contribution in [3.63, 3.8) is 0 Å². The molecule has 0 aromatic heterocycles. The van der Waals surface area contributed by atoms with E-state index in [9.17, 15) is 0 Å². The lowest BCUT2D eigenvalue weighted by Gasteiger charge is -2.30. The van der Waals surface area contributed by atoms with Gasteiger partial charge < -0.3 is 4.74 Å². The standard InChI is InChI=1S/C67H40O/c1-2-18-46-45(17-1)47-19-3-4-20-49(47)55-30-15-28-43(65(55)54-26-8-7-21-48(46)54)41-35-37-63-57(39-41)50-22-5-6-23-51(50)58-40-42(36-38-64(58)68-63)44-29-16-34-62-66(44)56-27-11-14-33-61(56)67(62)59-31-12-9-24-52(59)53-25-10-13-32-60(53)67/h1-40H. The molecule has 314 valence electrons. The normalized spacial score (nSPS) is 13.2. The summed E-state index contributed by atoms with van der Waals surface area (Å²) in [6.45, 7) is 0. The van der Waals surface area contributed by atoms with Crippen molar-refractivity contribution >= 4 is 0 Å². The lowest BCUT2D eigenvalue weighted by Crippen LogP contribution is -2.25. The second-order valence-corrected chi connectivity index (χ2v) is 18.5. The highest BCUT2D eigenvalue weighted by Crippen LogP contribution is 2.64. The Bertz CT molecular complexity index is 3910. The first-order valence-electron chi connectivity index (χ1n) is 23.7. The minimum Gasteiger partial charge on any atom is -0.456 e. The molecule has 0 saturated carbocycles. The maximum absolute atomic E-state index is 7.06. The number of hydrogen-bond donors (Lipinski definition) is 0. The molecule has 4 aliphatic rings. The van der Waals surface area contributed by atoms with Gasteiger partial charge in [0, 0.05) is 11.1 Å². The quantitative estimate of drug-likeness (QED) is 0.168. The van der Waals surface area contributed by atoms with Crippen molar-refractivity contribution in [2.75, 3.05) is 0 Å². The zero-order valence-corrected chi connectivity index (χ0v) is 37.0. The van der Waals surface area contributed by atoms with Gasteiger partial charge in [-0.2, -0.15) is 0 Å². The molecule has 1 heterocycles. The van der Waals surface area contributed by atoms with E-state index in [0.717, 1.165) is 39.3 Å². The topological polar surface area (TPSA) is 9.23 Å². The number of hydrogen-bond acceptors (Lipinski definition) is 1. The summed E-state index contributed by atoms with van der Waals surface area (Å²) in [5.74, 6) is 1.70. The van der Waals surface area contributed by atoms with Crippen molar-refractivity contribution in [2.45, 2.75) is 5.41 Å². The van der Waals surface area contributed by atoms with E-state index in [1.807, 2.05) is 0 Å². The van der Waals surface area contributed by atoms with Crippen LogP contribution in [-0.2, 0) is 5.41 Å². The van der Waals surface area contributed by atoms with Crippen molar-refractivity contribution in [1.82, 2.24) is 0 Å². The van der Waals surface area contributed by atoms with Gasteiger partial charge in [0.1, 0.15) is 11.5 Å². The van der Waals surface area contributed by atoms with Gasteiger partial charge in [-0.1, -0.05) is 218 Å². The number of rotatable bonds is 2. The average molecular weight is 861 g/mol. The summed E-state index contributed by atoms with van der Waals surface area (Å²) in [7, 11) is 0. The summed E-state index contributed by atoms with van der Waals surface area (Å²) in [4.78, 5) is 0. The molecule has 1 nitrogen and oxygen atoms in total. The van der Waals surface area contributed by atoms with Crippen LogP contribution in [0.4, 0.5) is 0 Å². The fourth-order valence-electron chi connectivity index (χ4n) is 12.6. The molecule has 3 aliphatic carbocycles. The van der Waals surface area contributed by atoms with E-state index in [1.165, 1.54) is 106 Å². The number of ether oxygens (including phenoxy) is 1. The summed E-state index contributed by atoms with van der Waals surface area (Å²) >= 11 is 0. The van der Waals surface area contributed by atoms with Crippen molar-refractivity contribution in [3.05, 3.63) is 265 Å². The third-order valence-corrected chi connectivity index (χ3v) is 15.3. The second-order valence-electron chi connectivity index (χ2n) is 18.5. The van der Waals surface area contributed by atoms with Gasteiger partial charge >= 0.3 is 0 Å². The van der Waals surface area contributed by atoms with E-state index < -0.39 is 5.41 Å². The first-order chi connectivity index (χ1) is 33.8. The summed E-state index contributed by atoms with van der Waals surface area (Å²) in [5, 5.41) is 0. The molecule has 0 atom stereocenters. The van der Waals surface area contributed by atoms with Gasteiger partial charge in [-0.05, 0) is 147 Å². The lowest BCUT2D eigenvalue weighted by molar-refractivity contribution is 0.488. The Balaban J connectivity index is 0.900. The van der Waals surface area contributed by atoms with Gasteiger partial charge in [-0.25, -0.2) is 0 Å². The van der Waals surface area contributed by atoms with Crippen LogP contribution < -0.4 is 4.74 Å². The molecule has 0 amide bonds. The molecule has 0 N–H and O–H groups in total. The molecule has 1 spiro atoms. The van der Waals surface area contributed by atoms with Crippen LogP contribution in [0, 0.1) is 0 Å². The van der Waals surface area contributed by atoms with E-state index in [-0.39, 0.29) is 0 Å². The van der Waals surface area contributed by atoms with Crippen molar-refractivity contribution in [2.24, 2.45) is 0 Å². The summed E-state index contributed by atoms with van der Waals surface area (Å²) in [6.07, 6.45) is 0. The van der Waals surface area contributed by atoms with Crippen LogP contribution in [0.25, 0.3) is 111 Å². The maximum Gasteiger partial charge on any atom is 0.135 e. The number of benzene rings is 11. The van der Waals surface area contributed by atoms with Crippen LogP contribution >= 0.6 is 0 Å². The zero-order valence-electron chi connectivity index (χ0n) is 37.0. The van der Waals surface area contributed by atoms with Crippen molar-refractivity contribution < 1.29 is 4.74 Å². The molecule has 0 fully saturated rings. The molecular formula is C67H40O. The van der Waals surface area contributed by atoms with Crippen LogP contribution in [0.1, 0.15) is 22.3 Å². The molecule has 15 rings (SSSR count).